The van der Waals surface area contributed by atoms with E-state index in [2.05, 4.69) is 9.97 Å². The number of halogens is 1. The minimum Gasteiger partial charge on any atom is -0.491 e. The molecule has 2 aromatic rings. The molecular weight excluding hydrogens is 366 g/mol. The Morgan fingerprint density at radius 2 is 2.04 bits per heavy atom. The van der Waals surface area contributed by atoms with E-state index in [-0.39, 0.29) is 19.1 Å². The molecule has 2 heterocycles. The summed E-state index contributed by atoms with van der Waals surface area (Å²) < 4.78 is 5.85. The number of hydrogen-bond donors (Lipinski definition) is 1. The number of nitrogens with zero attached hydrogens (tertiary/aromatic N) is 3. The number of carbonyl (C=O) groups excluding carboxylic acids is 1. The van der Waals surface area contributed by atoms with Crippen molar-refractivity contribution < 1.29 is 14.6 Å². The zero-order valence-corrected chi connectivity index (χ0v) is 16.6. The van der Waals surface area contributed by atoms with Crippen molar-refractivity contribution in [1.29, 1.82) is 0 Å². The van der Waals surface area contributed by atoms with Gasteiger partial charge in [0.15, 0.2) is 0 Å². The summed E-state index contributed by atoms with van der Waals surface area (Å²) in [7, 11) is 0. The second-order valence-corrected chi connectivity index (χ2v) is 7.58. The Kier molecular flexibility index (Phi) is 5.67. The molecule has 1 saturated heterocycles. The minimum atomic E-state index is -1.10. The molecule has 0 aliphatic carbocycles. The smallest absolute Gasteiger partial charge is 0.272 e. The average Bonchev–Trinajstić information content (AvgIpc) is 2.64. The Bertz CT molecular complexity index is 835. The number of piperidine rings is 1. The summed E-state index contributed by atoms with van der Waals surface area (Å²) in [5, 5.41) is 11.7. The van der Waals surface area contributed by atoms with Gasteiger partial charge >= 0.3 is 0 Å². The number of hydrogen-bond acceptors (Lipinski definition) is 5. The van der Waals surface area contributed by atoms with Crippen molar-refractivity contribution in [3.63, 3.8) is 0 Å². The highest BCUT2D eigenvalue weighted by Crippen LogP contribution is 2.28. The molecule has 1 aromatic heterocycles. The fourth-order valence-corrected chi connectivity index (χ4v) is 3.46. The normalized spacial score (nSPS) is 19.8. The van der Waals surface area contributed by atoms with E-state index in [0.717, 1.165) is 16.1 Å². The van der Waals surface area contributed by atoms with Gasteiger partial charge < -0.3 is 14.7 Å². The van der Waals surface area contributed by atoms with Crippen LogP contribution in [-0.4, -0.2) is 51.2 Å². The highest BCUT2D eigenvalue weighted by Gasteiger charge is 2.36. The van der Waals surface area contributed by atoms with Crippen LogP contribution in [0.4, 0.5) is 0 Å². The van der Waals surface area contributed by atoms with E-state index in [1.54, 1.807) is 24.1 Å². The van der Waals surface area contributed by atoms with Gasteiger partial charge in [0.25, 0.3) is 5.91 Å². The predicted octanol–water partition coefficient (Wildman–Crippen LogP) is 3.10. The molecule has 1 aliphatic rings. The van der Waals surface area contributed by atoms with Crippen LogP contribution in [0.25, 0.3) is 0 Å². The molecule has 1 amide bonds. The lowest BCUT2D eigenvalue weighted by atomic mass is 9.93. The third-order valence-electron chi connectivity index (χ3n) is 4.76. The van der Waals surface area contributed by atoms with Crippen molar-refractivity contribution in [3.05, 3.63) is 52.1 Å². The summed E-state index contributed by atoms with van der Waals surface area (Å²) in [5.41, 5.74) is 1.10. The first-order valence-electron chi connectivity index (χ1n) is 8.98. The molecule has 7 heteroatoms. The maximum Gasteiger partial charge on any atom is 0.272 e. The number of carbonyl (C=O) groups is 1. The molecule has 0 radical (unpaired) electrons. The van der Waals surface area contributed by atoms with Gasteiger partial charge in [-0.3, -0.25) is 4.79 Å². The van der Waals surface area contributed by atoms with Crippen LogP contribution in [-0.2, 0) is 0 Å². The SMILES string of the molecule is Cc1nccc(C(=O)N2CCCC(O)(COc3cc(C)c(Cl)c(C)c3)C2)n1. The van der Waals surface area contributed by atoms with Crippen molar-refractivity contribution in [2.75, 3.05) is 19.7 Å². The fraction of sp³-hybridized carbons (Fsp3) is 0.450. The van der Waals surface area contributed by atoms with Crippen molar-refractivity contribution in [3.8, 4) is 5.75 Å². The summed E-state index contributed by atoms with van der Waals surface area (Å²) >= 11 is 6.19. The first-order chi connectivity index (χ1) is 12.8. The molecule has 1 fully saturated rings. The molecule has 1 N–H and O–H groups in total. The zero-order valence-electron chi connectivity index (χ0n) is 15.8. The molecule has 0 spiro atoms. The molecule has 1 atom stereocenters. The van der Waals surface area contributed by atoms with Crippen LogP contribution < -0.4 is 4.74 Å². The second kappa shape index (κ2) is 7.82. The Morgan fingerprint density at radius 3 is 2.70 bits per heavy atom. The zero-order chi connectivity index (χ0) is 19.6. The molecular formula is C20H24ClN3O3. The Balaban J connectivity index is 1.68. The van der Waals surface area contributed by atoms with Crippen molar-refractivity contribution in [2.45, 2.75) is 39.2 Å². The van der Waals surface area contributed by atoms with Crippen LogP contribution in [0.15, 0.2) is 24.4 Å². The van der Waals surface area contributed by atoms with E-state index in [4.69, 9.17) is 16.3 Å². The summed E-state index contributed by atoms with van der Waals surface area (Å²) in [6.45, 7) is 6.49. The quantitative estimate of drug-likeness (QED) is 0.869. The highest BCUT2D eigenvalue weighted by molar-refractivity contribution is 6.32. The number of ether oxygens (including phenoxy) is 1. The van der Waals surface area contributed by atoms with Gasteiger partial charge in [0.2, 0.25) is 0 Å². The largest absolute Gasteiger partial charge is 0.491 e. The maximum atomic E-state index is 12.7. The summed E-state index contributed by atoms with van der Waals surface area (Å²) in [5.74, 6) is 1.01. The summed E-state index contributed by atoms with van der Waals surface area (Å²) in [6, 6.07) is 5.31. The molecule has 1 unspecified atom stereocenters. The topological polar surface area (TPSA) is 75.6 Å². The molecule has 3 rings (SSSR count). The molecule has 144 valence electrons. The minimum absolute atomic E-state index is 0.111. The second-order valence-electron chi connectivity index (χ2n) is 7.20. The van der Waals surface area contributed by atoms with E-state index < -0.39 is 5.60 Å². The van der Waals surface area contributed by atoms with Gasteiger partial charge in [-0.25, -0.2) is 9.97 Å². The molecule has 1 aromatic carbocycles. The number of aromatic nitrogens is 2. The van der Waals surface area contributed by atoms with Crippen molar-refractivity contribution in [1.82, 2.24) is 14.9 Å². The monoisotopic (exact) mass is 389 g/mol. The molecule has 6 nitrogen and oxygen atoms in total. The lowest BCUT2D eigenvalue weighted by molar-refractivity contribution is -0.0533. The van der Waals surface area contributed by atoms with E-state index in [1.165, 1.54) is 0 Å². The van der Waals surface area contributed by atoms with Crippen molar-refractivity contribution in [2.24, 2.45) is 0 Å². The molecule has 1 aliphatic heterocycles. The number of likely N-dealkylation sites (tertiary alicyclic amines) is 1. The number of benzene rings is 1. The van der Waals surface area contributed by atoms with Crippen LogP contribution in [0, 0.1) is 20.8 Å². The molecule has 27 heavy (non-hydrogen) atoms. The Morgan fingerprint density at radius 1 is 1.33 bits per heavy atom. The van der Waals surface area contributed by atoms with E-state index in [9.17, 15) is 9.90 Å². The third-order valence-corrected chi connectivity index (χ3v) is 5.35. The van der Waals surface area contributed by atoms with Gasteiger partial charge in [-0.1, -0.05) is 11.6 Å². The lowest BCUT2D eigenvalue weighted by Gasteiger charge is -2.38. The summed E-state index contributed by atoms with van der Waals surface area (Å²) in [6.07, 6.45) is 2.85. The lowest BCUT2D eigenvalue weighted by Crippen LogP contribution is -2.53. The third kappa shape index (κ3) is 4.57. The van der Waals surface area contributed by atoms with Gasteiger partial charge in [0.05, 0.1) is 6.54 Å². The van der Waals surface area contributed by atoms with Gasteiger partial charge in [-0.05, 0) is 62.9 Å². The number of aliphatic hydroxyl groups is 1. The van der Waals surface area contributed by atoms with Gasteiger partial charge in [-0.15, -0.1) is 0 Å². The molecule has 0 saturated carbocycles. The average molecular weight is 390 g/mol. The van der Waals surface area contributed by atoms with Crippen LogP contribution in [0.2, 0.25) is 5.02 Å². The van der Waals surface area contributed by atoms with Crippen LogP contribution in [0.5, 0.6) is 5.75 Å². The first-order valence-corrected chi connectivity index (χ1v) is 9.36. The van der Waals surface area contributed by atoms with Crippen LogP contribution in [0.1, 0.15) is 40.3 Å². The van der Waals surface area contributed by atoms with Gasteiger partial charge in [-0.2, -0.15) is 0 Å². The number of β-amino-alcohol motifs (C(OH)–C–C–N with tert-alkyl or cyclic N) is 1. The Hall–Kier alpha value is -2.18. The van der Waals surface area contributed by atoms with Crippen LogP contribution >= 0.6 is 11.6 Å². The number of aryl methyl sites for hydroxylation is 3. The summed E-state index contributed by atoms with van der Waals surface area (Å²) in [4.78, 5) is 22.5. The van der Waals surface area contributed by atoms with Gasteiger partial charge in [0.1, 0.15) is 29.5 Å². The van der Waals surface area contributed by atoms with Crippen LogP contribution in [0.3, 0.4) is 0 Å². The molecule has 0 bridgehead atoms. The standard InChI is InChI=1S/C20H24ClN3O3/c1-13-9-16(10-14(2)18(13)21)27-12-20(26)6-4-8-24(11-20)19(25)17-5-7-22-15(3)23-17/h5,7,9-10,26H,4,6,8,11-12H2,1-3H3. The fourth-order valence-electron chi connectivity index (χ4n) is 3.35. The Labute approximate surface area is 164 Å². The maximum absolute atomic E-state index is 12.7. The van der Waals surface area contributed by atoms with E-state index in [0.29, 0.717) is 36.7 Å². The van der Waals surface area contributed by atoms with Gasteiger partial charge in [0, 0.05) is 17.8 Å². The first kappa shape index (κ1) is 19.6. The number of rotatable bonds is 4. The predicted molar refractivity (Wildman–Crippen MR) is 103 cm³/mol. The van der Waals surface area contributed by atoms with Crippen molar-refractivity contribution >= 4 is 17.5 Å². The van der Waals surface area contributed by atoms with E-state index in [1.807, 2.05) is 26.0 Å². The number of amides is 1. The highest BCUT2D eigenvalue weighted by atomic mass is 35.5. The van der Waals surface area contributed by atoms with E-state index >= 15 is 0 Å².